The van der Waals surface area contributed by atoms with Crippen LogP contribution in [-0.4, -0.2) is 27.6 Å². The standard InChI is InChI=1S/C15H16N2O6S/c1-22-13-6-7-14(15(9-13)23-2)16-24(20,21)10-11-4-3-5-12(8-11)17(18)19/h3-9,16H,10H2,1-2H3. The Hall–Kier alpha value is -2.81. The molecule has 2 aromatic carbocycles. The number of non-ortho nitro benzene ring substituents is 1. The van der Waals surface area contributed by atoms with E-state index >= 15 is 0 Å². The minimum absolute atomic E-state index is 0.162. The zero-order valence-corrected chi connectivity index (χ0v) is 13.9. The van der Waals surface area contributed by atoms with Crippen LogP contribution in [0.15, 0.2) is 42.5 Å². The van der Waals surface area contributed by atoms with Gasteiger partial charge in [0.15, 0.2) is 0 Å². The number of ether oxygens (including phenoxy) is 2. The molecule has 24 heavy (non-hydrogen) atoms. The number of hydrogen-bond acceptors (Lipinski definition) is 6. The SMILES string of the molecule is COc1ccc(NS(=O)(=O)Cc2cccc([N+](=O)[O-])c2)c(OC)c1. The van der Waals surface area contributed by atoms with Crippen LogP contribution in [0.25, 0.3) is 0 Å². The monoisotopic (exact) mass is 352 g/mol. The molecule has 128 valence electrons. The molecule has 0 bridgehead atoms. The molecule has 0 spiro atoms. The van der Waals surface area contributed by atoms with Crippen molar-refractivity contribution in [3.8, 4) is 11.5 Å². The summed E-state index contributed by atoms with van der Waals surface area (Å²) in [5.41, 5.74) is 0.401. The van der Waals surface area contributed by atoms with Crippen LogP contribution in [0.4, 0.5) is 11.4 Å². The van der Waals surface area contributed by atoms with Gasteiger partial charge in [0.05, 0.1) is 30.6 Å². The van der Waals surface area contributed by atoms with Crippen molar-refractivity contribution in [2.24, 2.45) is 0 Å². The number of nitro benzene ring substituents is 1. The van der Waals surface area contributed by atoms with Crippen LogP contribution in [0, 0.1) is 10.1 Å². The molecule has 1 N–H and O–H groups in total. The number of nitrogens with one attached hydrogen (secondary N) is 1. The molecule has 0 saturated carbocycles. The van der Waals surface area contributed by atoms with E-state index in [2.05, 4.69) is 4.72 Å². The molecule has 0 heterocycles. The molecule has 0 atom stereocenters. The first-order chi connectivity index (χ1) is 11.3. The average molecular weight is 352 g/mol. The van der Waals surface area contributed by atoms with Crippen LogP contribution < -0.4 is 14.2 Å². The minimum Gasteiger partial charge on any atom is -0.497 e. The zero-order valence-electron chi connectivity index (χ0n) is 13.1. The third kappa shape index (κ3) is 4.35. The van der Waals surface area contributed by atoms with Crippen LogP contribution in [0.3, 0.4) is 0 Å². The smallest absolute Gasteiger partial charge is 0.269 e. The lowest BCUT2D eigenvalue weighted by atomic mass is 10.2. The number of rotatable bonds is 7. The fourth-order valence-electron chi connectivity index (χ4n) is 2.07. The van der Waals surface area contributed by atoms with Gasteiger partial charge in [0, 0.05) is 18.2 Å². The number of sulfonamides is 1. The van der Waals surface area contributed by atoms with E-state index in [1.54, 1.807) is 12.1 Å². The summed E-state index contributed by atoms with van der Waals surface area (Å²) in [4.78, 5) is 10.2. The van der Waals surface area contributed by atoms with Gasteiger partial charge in [0.2, 0.25) is 10.0 Å². The zero-order chi connectivity index (χ0) is 17.7. The Labute approximate surface area is 139 Å². The van der Waals surface area contributed by atoms with E-state index in [4.69, 9.17) is 9.47 Å². The van der Waals surface area contributed by atoms with Crippen molar-refractivity contribution in [3.63, 3.8) is 0 Å². The van der Waals surface area contributed by atoms with Crippen molar-refractivity contribution >= 4 is 21.4 Å². The molecule has 0 aliphatic rings. The van der Waals surface area contributed by atoms with E-state index in [9.17, 15) is 18.5 Å². The normalized spacial score (nSPS) is 10.9. The lowest BCUT2D eigenvalue weighted by molar-refractivity contribution is -0.384. The molecule has 0 fully saturated rings. The van der Waals surface area contributed by atoms with Gasteiger partial charge in [-0.2, -0.15) is 0 Å². The summed E-state index contributed by atoms with van der Waals surface area (Å²) in [6.45, 7) is 0. The van der Waals surface area contributed by atoms with Crippen molar-refractivity contribution in [1.29, 1.82) is 0 Å². The molecule has 2 aromatic rings. The summed E-state index contributed by atoms with van der Waals surface area (Å²) in [5, 5.41) is 10.8. The predicted molar refractivity (Wildman–Crippen MR) is 88.9 cm³/mol. The summed E-state index contributed by atoms with van der Waals surface area (Å²) < 4.78 is 37.2. The third-order valence-corrected chi connectivity index (χ3v) is 4.40. The van der Waals surface area contributed by atoms with E-state index < -0.39 is 20.7 Å². The Morgan fingerprint density at radius 3 is 2.50 bits per heavy atom. The topological polar surface area (TPSA) is 108 Å². The molecule has 2 rings (SSSR count). The summed E-state index contributed by atoms with van der Waals surface area (Å²) >= 11 is 0. The number of nitrogens with zero attached hydrogens (tertiary/aromatic N) is 1. The van der Waals surface area contributed by atoms with Crippen LogP contribution >= 0.6 is 0 Å². The summed E-state index contributed by atoms with van der Waals surface area (Å²) in [6.07, 6.45) is 0. The highest BCUT2D eigenvalue weighted by atomic mass is 32.2. The van der Waals surface area contributed by atoms with E-state index in [1.165, 1.54) is 44.6 Å². The van der Waals surface area contributed by atoms with E-state index in [0.717, 1.165) is 0 Å². The van der Waals surface area contributed by atoms with Crippen molar-refractivity contribution in [3.05, 3.63) is 58.1 Å². The molecule has 0 radical (unpaired) electrons. The molecule has 0 amide bonds. The molecule has 9 heteroatoms. The van der Waals surface area contributed by atoms with Gasteiger partial charge in [0.1, 0.15) is 11.5 Å². The molecule has 0 unspecified atom stereocenters. The second-order valence-corrected chi connectivity index (χ2v) is 6.58. The Kier molecular flexibility index (Phi) is 5.24. The molecule has 0 aliphatic heterocycles. The number of anilines is 1. The summed E-state index contributed by atoms with van der Waals surface area (Å²) in [5.74, 6) is 0.426. The Bertz CT molecular complexity index is 851. The van der Waals surface area contributed by atoms with Crippen molar-refractivity contribution in [2.75, 3.05) is 18.9 Å². The number of hydrogen-bond donors (Lipinski definition) is 1. The van der Waals surface area contributed by atoms with Gasteiger partial charge >= 0.3 is 0 Å². The van der Waals surface area contributed by atoms with Crippen LogP contribution in [0.2, 0.25) is 0 Å². The quantitative estimate of drug-likeness (QED) is 0.606. The lowest BCUT2D eigenvalue weighted by Crippen LogP contribution is -2.15. The summed E-state index contributed by atoms with van der Waals surface area (Å²) in [7, 11) is -0.879. The molecule has 0 aromatic heterocycles. The van der Waals surface area contributed by atoms with Gasteiger partial charge < -0.3 is 9.47 Å². The predicted octanol–water partition coefficient (Wildman–Crippen LogP) is 2.55. The van der Waals surface area contributed by atoms with Crippen molar-refractivity contribution < 1.29 is 22.8 Å². The Morgan fingerprint density at radius 1 is 1.12 bits per heavy atom. The first kappa shape index (κ1) is 17.5. The Balaban J connectivity index is 2.23. The van der Waals surface area contributed by atoms with Gasteiger partial charge in [-0.05, 0) is 17.7 Å². The first-order valence-corrected chi connectivity index (χ1v) is 8.45. The van der Waals surface area contributed by atoms with Gasteiger partial charge in [-0.3, -0.25) is 14.8 Å². The lowest BCUT2D eigenvalue weighted by Gasteiger charge is -2.13. The number of benzene rings is 2. The highest BCUT2D eigenvalue weighted by Gasteiger charge is 2.17. The second kappa shape index (κ2) is 7.18. The molecular weight excluding hydrogens is 336 g/mol. The largest absolute Gasteiger partial charge is 0.497 e. The number of methoxy groups -OCH3 is 2. The minimum atomic E-state index is -3.78. The number of nitro groups is 1. The molecular formula is C15H16N2O6S. The van der Waals surface area contributed by atoms with E-state index in [-0.39, 0.29) is 11.4 Å². The van der Waals surface area contributed by atoms with Gasteiger partial charge in [-0.15, -0.1) is 0 Å². The van der Waals surface area contributed by atoms with Crippen molar-refractivity contribution in [1.82, 2.24) is 0 Å². The van der Waals surface area contributed by atoms with E-state index in [0.29, 0.717) is 17.1 Å². The third-order valence-electron chi connectivity index (χ3n) is 3.15. The Morgan fingerprint density at radius 2 is 1.88 bits per heavy atom. The maximum atomic E-state index is 12.3. The fraction of sp³-hybridized carbons (Fsp3) is 0.200. The van der Waals surface area contributed by atoms with Gasteiger partial charge in [0.25, 0.3) is 5.69 Å². The van der Waals surface area contributed by atoms with Crippen LogP contribution in [-0.2, 0) is 15.8 Å². The molecule has 0 saturated heterocycles. The van der Waals surface area contributed by atoms with Gasteiger partial charge in [-0.1, -0.05) is 12.1 Å². The maximum Gasteiger partial charge on any atom is 0.269 e. The molecule has 0 aliphatic carbocycles. The fourth-order valence-corrected chi connectivity index (χ4v) is 3.26. The van der Waals surface area contributed by atoms with Crippen LogP contribution in [0.5, 0.6) is 11.5 Å². The average Bonchev–Trinajstić information content (AvgIpc) is 2.54. The second-order valence-electron chi connectivity index (χ2n) is 4.85. The van der Waals surface area contributed by atoms with Crippen molar-refractivity contribution in [2.45, 2.75) is 5.75 Å². The first-order valence-electron chi connectivity index (χ1n) is 6.80. The van der Waals surface area contributed by atoms with E-state index in [1.807, 2.05) is 0 Å². The maximum absolute atomic E-state index is 12.3. The van der Waals surface area contributed by atoms with Gasteiger partial charge in [-0.25, -0.2) is 8.42 Å². The highest BCUT2D eigenvalue weighted by Crippen LogP contribution is 2.30. The summed E-state index contributed by atoms with van der Waals surface area (Å²) in [6, 6.07) is 10.1. The highest BCUT2D eigenvalue weighted by molar-refractivity contribution is 7.91. The molecule has 8 nitrogen and oxygen atoms in total. The van der Waals surface area contributed by atoms with Crippen LogP contribution in [0.1, 0.15) is 5.56 Å².